The van der Waals surface area contributed by atoms with Crippen molar-refractivity contribution < 1.29 is 37.4 Å². The summed E-state index contributed by atoms with van der Waals surface area (Å²) in [5.74, 6) is -3.80. The Morgan fingerprint density at radius 1 is 1.07 bits per heavy atom. The Kier molecular flexibility index (Phi) is 5.68. The average molecular weight is 392 g/mol. The Labute approximate surface area is 157 Å². The Bertz CT molecular complexity index is 921. The molecule has 0 radical (unpaired) electrons. The number of hydrogen-bond acceptors (Lipinski definition) is 6. The number of carbonyl (C=O) groups is 3. The van der Waals surface area contributed by atoms with Crippen LogP contribution in [0.1, 0.15) is 10.4 Å². The predicted octanol–water partition coefficient (Wildman–Crippen LogP) is 1.11. The Hall–Kier alpha value is -3.69. The molecule has 0 spiro atoms. The lowest BCUT2D eigenvalue weighted by molar-refractivity contribution is -0.135. The van der Waals surface area contributed by atoms with Crippen LogP contribution in [-0.2, 0) is 14.3 Å². The topological polar surface area (TPSA) is 103 Å². The van der Waals surface area contributed by atoms with Crippen molar-refractivity contribution in [1.29, 1.82) is 0 Å². The van der Waals surface area contributed by atoms with Gasteiger partial charge in [-0.05, 0) is 24.3 Å². The second-order valence-corrected chi connectivity index (χ2v) is 5.60. The monoisotopic (exact) mass is 392 g/mol. The normalized spacial score (nSPS) is 14.7. The van der Waals surface area contributed by atoms with E-state index in [4.69, 9.17) is 9.47 Å². The molecule has 2 amide bonds. The van der Waals surface area contributed by atoms with Crippen molar-refractivity contribution in [2.45, 2.75) is 6.10 Å². The van der Waals surface area contributed by atoms with Crippen molar-refractivity contribution in [3.8, 4) is 11.5 Å². The van der Waals surface area contributed by atoms with Crippen LogP contribution in [0.2, 0.25) is 0 Å². The summed E-state index contributed by atoms with van der Waals surface area (Å²) in [5, 5.41) is 0. The quantitative estimate of drug-likeness (QED) is 0.597. The summed E-state index contributed by atoms with van der Waals surface area (Å²) < 4.78 is 41.7. The fourth-order valence-corrected chi connectivity index (χ4v) is 2.26. The molecule has 0 unspecified atom stereocenters. The van der Waals surface area contributed by atoms with Gasteiger partial charge < -0.3 is 14.2 Å². The van der Waals surface area contributed by atoms with Gasteiger partial charge in [-0.1, -0.05) is 12.1 Å². The van der Waals surface area contributed by atoms with E-state index in [0.717, 1.165) is 12.1 Å². The maximum atomic E-state index is 13.5. The first kappa shape index (κ1) is 19.1. The van der Waals surface area contributed by atoms with Gasteiger partial charge in [0.05, 0.1) is 5.56 Å². The van der Waals surface area contributed by atoms with Crippen molar-refractivity contribution in [3.05, 3.63) is 59.7 Å². The van der Waals surface area contributed by atoms with Crippen molar-refractivity contribution in [3.63, 3.8) is 0 Å². The minimum atomic E-state index is -1.15. The molecule has 1 aliphatic heterocycles. The Morgan fingerprint density at radius 3 is 2.57 bits per heavy atom. The summed E-state index contributed by atoms with van der Waals surface area (Å²) in [6.07, 6.45) is -0.994. The molecule has 0 saturated heterocycles. The zero-order valence-electron chi connectivity index (χ0n) is 14.2. The van der Waals surface area contributed by atoms with Crippen molar-refractivity contribution in [1.82, 2.24) is 10.9 Å². The molecule has 2 N–H and O–H groups in total. The van der Waals surface area contributed by atoms with Crippen LogP contribution >= 0.6 is 0 Å². The number of halogens is 2. The highest BCUT2D eigenvalue weighted by Gasteiger charge is 2.27. The molecular formula is C18H14F2N2O6. The fourth-order valence-electron chi connectivity index (χ4n) is 2.26. The maximum Gasteiger partial charge on any atom is 0.341 e. The molecule has 28 heavy (non-hydrogen) atoms. The van der Waals surface area contributed by atoms with E-state index < -0.39 is 47.7 Å². The average Bonchev–Trinajstić information content (AvgIpc) is 2.69. The third kappa shape index (κ3) is 4.53. The zero-order valence-corrected chi connectivity index (χ0v) is 14.2. The lowest BCUT2D eigenvalue weighted by Crippen LogP contribution is -2.51. The molecule has 0 bridgehead atoms. The molecule has 146 valence electrons. The second kappa shape index (κ2) is 8.33. The van der Waals surface area contributed by atoms with Gasteiger partial charge in [0.15, 0.2) is 18.1 Å². The summed E-state index contributed by atoms with van der Waals surface area (Å²) in [6, 6.07) is 9.06. The molecule has 2 aromatic rings. The van der Waals surface area contributed by atoms with Crippen LogP contribution in [0.25, 0.3) is 0 Å². The van der Waals surface area contributed by atoms with Crippen LogP contribution in [0.5, 0.6) is 11.5 Å². The lowest BCUT2D eigenvalue weighted by Gasteiger charge is -2.25. The van der Waals surface area contributed by atoms with Crippen molar-refractivity contribution in [2.24, 2.45) is 0 Å². The van der Waals surface area contributed by atoms with Crippen molar-refractivity contribution in [2.75, 3.05) is 13.2 Å². The molecule has 3 rings (SSSR count). The van der Waals surface area contributed by atoms with Crippen LogP contribution < -0.4 is 20.3 Å². The number of hydrogen-bond donors (Lipinski definition) is 2. The van der Waals surface area contributed by atoms with Gasteiger partial charge in [0.25, 0.3) is 11.8 Å². The first-order valence-corrected chi connectivity index (χ1v) is 8.03. The van der Waals surface area contributed by atoms with E-state index in [1.165, 1.54) is 0 Å². The number of fused-ring (bicyclic) bond motifs is 1. The summed E-state index contributed by atoms with van der Waals surface area (Å²) in [7, 11) is 0. The second-order valence-electron chi connectivity index (χ2n) is 5.60. The number of ether oxygens (including phenoxy) is 3. The predicted molar refractivity (Wildman–Crippen MR) is 89.3 cm³/mol. The van der Waals surface area contributed by atoms with Crippen molar-refractivity contribution >= 4 is 17.8 Å². The maximum absolute atomic E-state index is 13.5. The van der Waals surface area contributed by atoms with E-state index in [0.29, 0.717) is 17.6 Å². The van der Waals surface area contributed by atoms with Crippen LogP contribution in [0.15, 0.2) is 42.5 Å². The van der Waals surface area contributed by atoms with Gasteiger partial charge in [-0.25, -0.2) is 13.6 Å². The summed E-state index contributed by atoms with van der Waals surface area (Å²) >= 11 is 0. The SMILES string of the molecule is O=C(COC(=O)c1ccc(F)cc1F)NNC(=O)[C@H]1COc2ccccc2O1. The highest BCUT2D eigenvalue weighted by molar-refractivity contribution is 5.92. The smallest absolute Gasteiger partial charge is 0.341 e. The van der Waals surface area contributed by atoms with Crippen LogP contribution in [0, 0.1) is 11.6 Å². The first-order chi connectivity index (χ1) is 13.4. The summed E-state index contributed by atoms with van der Waals surface area (Å²) in [4.78, 5) is 35.4. The molecule has 10 heteroatoms. The van der Waals surface area contributed by atoms with E-state index in [1.807, 2.05) is 5.43 Å². The van der Waals surface area contributed by atoms with Crippen LogP contribution in [0.4, 0.5) is 8.78 Å². The number of rotatable bonds is 4. The molecule has 0 aromatic heterocycles. The van der Waals surface area contributed by atoms with Gasteiger partial charge in [0.1, 0.15) is 18.2 Å². The summed E-state index contributed by atoms with van der Waals surface area (Å²) in [6.45, 7) is -0.849. The number of carbonyl (C=O) groups excluding carboxylic acids is 3. The van der Waals surface area contributed by atoms with Crippen LogP contribution in [-0.4, -0.2) is 37.1 Å². The Morgan fingerprint density at radius 2 is 1.82 bits per heavy atom. The number of nitrogens with one attached hydrogen (secondary N) is 2. The number of esters is 1. The highest BCUT2D eigenvalue weighted by atomic mass is 19.1. The van der Waals surface area contributed by atoms with Gasteiger partial charge in [-0.3, -0.25) is 20.4 Å². The van der Waals surface area contributed by atoms with E-state index in [2.05, 4.69) is 10.2 Å². The molecule has 8 nitrogen and oxygen atoms in total. The number of amides is 2. The minimum Gasteiger partial charge on any atom is -0.485 e. The molecule has 0 saturated carbocycles. The molecular weight excluding hydrogens is 378 g/mol. The molecule has 1 heterocycles. The standard InChI is InChI=1S/C18H14F2N2O6/c19-10-5-6-11(12(20)7-10)18(25)27-9-16(23)21-22-17(24)15-8-26-13-3-1-2-4-14(13)28-15/h1-7,15H,8-9H2,(H,21,23)(H,22,24)/t15-/m1/s1. The first-order valence-electron chi connectivity index (χ1n) is 8.03. The van der Waals surface area contributed by atoms with Gasteiger partial charge in [-0.2, -0.15) is 0 Å². The number of benzene rings is 2. The lowest BCUT2D eigenvalue weighted by atomic mass is 10.2. The third-order valence-corrected chi connectivity index (χ3v) is 3.61. The molecule has 2 aromatic carbocycles. The van der Waals surface area contributed by atoms with Gasteiger partial charge in [0, 0.05) is 6.07 Å². The Balaban J connectivity index is 1.44. The van der Waals surface area contributed by atoms with Gasteiger partial charge in [-0.15, -0.1) is 0 Å². The minimum absolute atomic E-state index is 0.0580. The molecule has 1 atom stereocenters. The van der Waals surface area contributed by atoms with E-state index in [9.17, 15) is 23.2 Å². The fraction of sp³-hybridized carbons (Fsp3) is 0.167. The number of para-hydroxylation sites is 2. The summed E-state index contributed by atoms with van der Waals surface area (Å²) in [5.41, 5.74) is 3.61. The number of hydrazine groups is 1. The van der Waals surface area contributed by atoms with Crippen LogP contribution in [0.3, 0.4) is 0 Å². The van der Waals surface area contributed by atoms with Gasteiger partial charge in [0.2, 0.25) is 6.10 Å². The molecule has 1 aliphatic rings. The van der Waals surface area contributed by atoms with E-state index in [-0.39, 0.29) is 6.61 Å². The molecule has 0 fully saturated rings. The zero-order chi connectivity index (χ0) is 20.1. The third-order valence-electron chi connectivity index (χ3n) is 3.61. The highest BCUT2D eigenvalue weighted by Crippen LogP contribution is 2.30. The van der Waals surface area contributed by atoms with E-state index >= 15 is 0 Å². The largest absolute Gasteiger partial charge is 0.485 e. The van der Waals surface area contributed by atoms with Gasteiger partial charge >= 0.3 is 5.97 Å². The van der Waals surface area contributed by atoms with E-state index in [1.54, 1.807) is 24.3 Å². The molecule has 0 aliphatic carbocycles.